The summed E-state index contributed by atoms with van der Waals surface area (Å²) in [6.45, 7) is 1.82. The van der Waals surface area contributed by atoms with Gasteiger partial charge < -0.3 is 25.0 Å². The molecule has 156 valence electrons. The van der Waals surface area contributed by atoms with Crippen molar-refractivity contribution in [3.63, 3.8) is 0 Å². The first-order valence-corrected chi connectivity index (χ1v) is 9.28. The van der Waals surface area contributed by atoms with Gasteiger partial charge in [-0.15, -0.1) is 12.4 Å². The number of benzene rings is 2. The lowest BCUT2D eigenvalue weighted by Gasteiger charge is -2.18. The molecule has 1 saturated heterocycles. The molecule has 2 N–H and O–H groups in total. The molecule has 0 aromatic heterocycles. The maximum absolute atomic E-state index is 12.4. The number of halogens is 1. The lowest BCUT2D eigenvalue weighted by Crippen LogP contribution is -2.42. The van der Waals surface area contributed by atoms with Crippen molar-refractivity contribution in [3.05, 3.63) is 54.6 Å². The van der Waals surface area contributed by atoms with Crippen molar-refractivity contribution >= 4 is 29.9 Å². The fourth-order valence-electron chi connectivity index (χ4n) is 3.03. The highest BCUT2D eigenvalue weighted by Gasteiger charge is 2.31. The van der Waals surface area contributed by atoms with Gasteiger partial charge in [0.1, 0.15) is 11.5 Å². The van der Waals surface area contributed by atoms with E-state index in [-0.39, 0.29) is 36.8 Å². The highest BCUT2D eigenvalue weighted by atomic mass is 35.5. The number of para-hydroxylation sites is 1. The maximum atomic E-state index is 12.4. The molecule has 2 aromatic rings. The van der Waals surface area contributed by atoms with Crippen LogP contribution in [0, 0.1) is 0 Å². The Hall–Kier alpha value is -2.61. The molecule has 1 heterocycles. The molecule has 0 saturated carbocycles. The zero-order chi connectivity index (χ0) is 19.8. The van der Waals surface area contributed by atoms with Crippen LogP contribution in [0.5, 0.6) is 11.5 Å². The van der Waals surface area contributed by atoms with Gasteiger partial charge in [0.2, 0.25) is 11.8 Å². The zero-order valence-corrected chi connectivity index (χ0v) is 17.1. The number of rotatable bonds is 9. The smallest absolute Gasteiger partial charge is 0.234 e. The lowest BCUT2D eigenvalue weighted by atomic mass is 10.2. The molecule has 0 aliphatic carbocycles. The molecule has 1 aliphatic heterocycles. The summed E-state index contributed by atoms with van der Waals surface area (Å²) in [7, 11) is 1.61. The summed E-state index contributed by atoms with van der Waals surface area (Å²) in [6, 6.07) is 16.7. The van der Waals surface area contributed by atoms with Crippen LogP contribution in [0.4, 0.5) is 5.69 Å². The van der Waals surface area contributed by atoms with Crippen LogP contribution in [-0.2, 0) is 14.3 Å². The van der Waals surface area contributed by atoms with E-state index < -0.39 is 0 Å². The molecule has 2 aromatic carbocycles. The number of hydrogen-bond donors (Lipinski definition) is 2. The van der Waals surface area contributed by atoms with Crippen molar-refractivity contribution in [1.29, 1.82) is 0 Å². The average Bonchev–Trinajstić information content (AvgIpc) is 3.06. The van der Waals surface area contributed by atoms with E-state index in [4.69, 9.17) is 9.47 Å². The van der Waals surface area contributed by atoms with E-state index in [9.17, 15) is 9.59 Å². The second kappa shape index (κ2) is 11.4. The number of ether oxygens (including phenoxy) is 2. The first-order valence-electron chi connectivity index (χ1n) is 9.28. The molecule has 1 aliphatic rings. The molecular weight excluding hydrogens is 394 g/mol. The second-order valence-electron chi connectivity index (χ2n) is 6.55. The van der Waals surface area contributed by atoms with E-state index in [2.05, 4.69) is 10.6 Å². The van der Waals surface area contributed by atoms with E-state index in [1.807, 2.05) is 54.6 Å². The number of carbonyl (C=O) groups is 2. The van der Waals surface area contributed by atoms with Crippen molar-refractivity contribution in [2.75, 3.05) is 38.3 Å². The number of amides is 2. The molecule has 0 radical (unpaired) electrons. The summed E-state index contributed by atoms with van der Waals surface area (Å²) in [5.74, 6) is 1.33. The first-order chi connectivity index (χ1) is 13.7. The van der Waals surface area contributed by atoms with E-state index in [1.165, 1.54) is 0 Å². The van der Waals surface area contributed by atoms with Crippen molar-refractivity contribution < 1.29 is 19.1 Å². The van der Waals surface area contributed by atoms with Gasteiger partial charge in [-0.05, 0) is 36.4 Å². The Morgan fingerprint density at radius 1 is 1.10 bits per heavy atom. The fraction of sp³-hybridized carbons (Fsp3) is 0.333. The highest BCUT2D eigenvalue weighted by Crippen LogP contribution is 2.26. The molecule has 1 fully saturated rings. The van der Waals surface area contributed by atoms with Crippen molar-refractivity contribution in [2.45, 2.75) is 12.5 Å². The third-order valence-corrected chi connectivity index (χ3v) is 4.39. The Kier molecular flexibility index (Phi) is 8.92. The standard InChI is InChI=1S/C21H25N3O4.ClH/c1-27-12-11-22-14-20(25)23-16-13-21(26)24(15-16)17-7-9-19(10-8-17)28-18-5-3-2-4-6-18;/h2-10,16,22H,11-15H2,1H3,(H,23,25);1H. The van der Waals surface area contributed by atoms with Crippen molar-refractivity contribution in [1.82, 2.24) is 10.6 Å². The van der Waals surface area contributed by atoms with Crippen molar-refractivity contribution in [2.24, 2.45) is 0 Å². The van der Waals surface area contributed by atoms with E-state index >= 15 is 0 Å². The molecule has 7 nitrogen and oxygen atoms in total. The maximum Gasteiger partial charge on any atom is 0.234 e. The quantitative estimate of drug-likeness (QED) is 0.610. The predicted octanol–water partition coefficient (Wildman–Crippen LogP) is 2.36. The monoisotopic (exact) mass is 419 g/mol. The summed E-state index contributed by atoms with van der Waals surface area (Å²) in [5, 5.41) is 5.89. The van der Waals surface area contributed by atoms with Gasteiger partial charge in [-0.3, -0.25) is 9.59 Å². The Bertz CT molecular complexity index is 786. The largest absolute Gasteiger partial charge is 0.457 e. The number of nitrogens with one attached hydrogen (secondary N) is 2. The average molecular weight is 420 g/mol. The van der Waals surface area contributed by atoms with Crippen LogP contribution in [0.15, 0.2) is 54.6 Å². The zero-order valence-electron chi connectivity index (χ0n) is 16.3. The SMILES string of the molecule is COCCNCC(=O)NC1CC(=O)N(c2ccc(Oc3ccccc3)cc2)C1.Cl. The molecule has 1 atom stereocenters. The second-order valence-corrected chi connectivity index (χ2v) is 6.55. The van der Waals surface area contributed by atoms with Crippen molar-refractivity contribution in [3.8, 4) is 11.5 Å². The van der Waals surface area contributed by atoms with Gasteiger partial charge in [-0.2, -0.15) is 0 Å². The number of hydrogen-bond acceptors (Lipinski definition) is 5. The molecule has 2 amide bonds. The summed E-state index contributed by atoms with van der Waals surface area (Å²) >= 11 is 0. The van der Waals surface area contributed by atoms with Crippen LogP contribution in [0.2, 0.25) is 0 Å². The number of anilines is 1. The summed E-state index contributed by atoms with van der Waals surface area (Å²) < 4.78 is 10.7. The summed E-state index contributed by atoms with van der Waals surface area (Å²) in [4.78, 5) is 26.0. The van der Waals surface area contributed by atoms with Crippen LogP contribution >= 0.6 is 12.4 Å². The summed E-state index contributed by atoms with van der Waals surface area (Å²) in [6.07, 6.45) is 0.298. The minimum Gasteiger partial charge on any atom is -0.457 e. The Balaban J connectivity index is 0.00000300. The van der Waals surface area contributed by atoms with Gasteiger partial charge in [0.15, 0.2) is 0 Å². The minimum atomic E-state index is -0.190. The number of nitrogens with zero attached hydrogens (tertiary/aromatic N) is 1. The predicted molar refractivity (Wildman–Crippen MR) is 114 cm³/mol. The van der Waals surface area contributed by atoms with Gasteiger partial charge in [0.25, 0.3) is 0 Å². The van der Waals surface area contributed by atoms with Crippen LogP contribution in [0.25, 0.3) is 0 Å². The van der Waals surface area contributed by atoms with Crippen LogP contribution in [0.1, 0.15) is 6.42 Å². The van der Waals surface area contributed by atoms with E-state index in [1.54, 1.807) is 12.0 Å². The molecule has 8 heteroatoms. The van der Waals surface area contributed by atoms with E-state index in [0.29, 0.717) is 31.9 Å². The molecule has 1 unspecified atom stereocenters. The van der Waals surface area contributed by atoms with Crippen LogP contribution in [0.3, 0.4) is 0 Å². The number of methoxy groups -OCH3 is 1. The highest BCUT2D eigenvalue weighted by molar-refractivity contribution is 5.97. The molecular formula is C21H26ClN3O4. The Morgan fingerprint density at radius 3 is 2.48 bits per heavy atom. The van der Waals surface area contributed by atoms with Gasteiger partial charge in [0, 0.05) is 32.3 Å². The normalized spacial score (nSPS) is 15.7. The molecule has 0 bridgehead atoms. The van der Waals surface area contributed by atoms with E-state index in [0.717, 1.165) is 11.4 Å². The van der Waals surface area contributed by atoms with Gasteiger partial charge in [0.05, 0.1) is 19.2 Å². The number of carbonyl (C=O) groups excluding carboxylic acids is 2. The molecule has 29 heavy (non-hydrogen) atoms. The third-order valence-electron chi connectivity index (χ3n) is 4.39. The molecule has 3 rings (SSSR count). The molecule has 0 spiro atoms. The minimum absolute atomic E-state index is 0. The van der Waals surface area contributed by atoms with Crippen LogP contribution < -0.4 is 20.3 Å². The Morgan fingerprint density at radius 2 is 1.79 bits per heavy atom. The third kappa shape index (κ3) is 6.74. The lowest BCUT2D eigenvalue weighted by molar-refractivity contribution is -0.121. The van der Waals surface area contributed by atoms with Gasteiger partial charge >= 0.3 is 0 Å². The Labute approximate surface area is 176 Å². The van der Waals surface area contributed by atoms with Crippen LogP contribution in [-0.4, -0.2) is 51.2 Å². The topological polar surface area (TPSA) is 79.9 Å². The first kappa shape index (κ1) is 22.7. The van der Waals surface area contributed by atoms with Gasteiger partial charge in [-0.25, -0.2) is 0 Å². The summed E-state index contributed by atoms with van der Waals surface area (Å²) in [5.41, 5.74) is 0.792. The van der Waals surface area contributed by atoms with Gasteiger partial charge in [-0.1, -0.05) is 18.2 Å². The fourth-order valence-corrected chi connectivity index (χ4v) is 3.03.